The van der Waals surface area contributed by atoms with Crippen LogP contribution in [0.2, 0.25) is 0 Å². The summed E-state index contributed by atoms with van der Waals surface area (Å²) >= 11 is 0. The Morgan fingerprint density at radius 2 is 2.04 bits per heavy atom. The van der Waals surface area contributed by atoms with Gasteiger partial charge in [0.2, 0.25) is 11.8 Å². The number of carbonyl (C=O) groups is 2. The van der Waals surface area contributed by atoms with E-state index in [4.69, 9.17) is 0 Å². The van der Waals surface area contributed by atoms with Crippen LogP contribution in [0.15, 0.2) is 48.7 Å². The molecule has 1 fully saturated rings. The topological polar surface area (TPSA) is 71.1 Å². The molecule has 3 rings (SSSR count). The molecule has 5 nitrogen and oxygen atoms in total. The van der Waals surface area contributed by atoms with Gasteiger partial charge in [-0.15, -0.1) is 0 Å². The number of nitrogens with one attached hydrogen (secondary N) is 2. The van der Waals surface area contributed by atoms with Crippen LogP contribution < -0.4 is 10.6 Å². The Labute approximate surface area is 139 Å². The van der Waals surface area contributed by atoms with Crippen LogP contribution in [-0.4, -0.2) is 22.8 Å². The van der Waals surface area contributed by atoms with Crippen molar-refractivity contribution < 1.29 is 14.0 Å². The minimum absolute atomic E-state index is 0.0189. The van der Waals surface area contributed by atoms with Crippen LogP contribution in [0, 0.1) is 5.82 Å². The van der Waals surface area contributed by atoms with Crippen molar-refractivity contribution in [1.82, 2.24) is 15.6 Å². The number of carbonyl (C=O) groups excluding carboxylic acids is 2. The molecule has 2 amide bonds. The minimum atomic E-state index is -0.432. The summed E-state index contributed by atoms with van der Waals surface area (Å²) in [6.07, 6.45) is 2.12. The molecule has 2 atom stereocenters. The van der Waals surface area contributed by atoms with E-state index in [2.05, 4.69) is 15.6 Å². The number of nitrogens with zero attached hydrogens (tertiary/aromatic N) is 1. The number of amides is 2. The van der Waals surface area contributed by atoms with Crippen molar-refractivity contribution in [2.45, 2.75) is 31.3 Å². The summed E-state index contributed by atoms with van der Waals surface area (Å²) in [7, 11) is 0. The lowest BCUT2D eigenvalue weighted by atomic mass is 9.92. The highest BCUT2D eigenvalue weighted by Gasteiger charge is 2.30. The Hall–Kier alpha value is -2.76. The molecule has 0 bridgehead atoms. The average Bonchev–Trinajstić information content (AvgIpc) is 2.59. The Bertz CT molecular complexity index is 719. The third kappa shape index (κ3) is 3.95. The summed E-state index contributed by atoms with van der Waals surface area (Å²) in [5.74, 6) is -0.649. The SMILES string of the molecule is O=C(Cc1ccc(F)cn1)N[C@@H]1CCC(=O)N[C@H]1c1ccccc1. The smallest absolute Gasteiger partial charge is 0.226 e. The maximum atomic E-state index is 12.9. The van der Waals surface area contributed by atoms with Gasteiger partial charge in [0.25, 0.3) is 0 Å². The first-order valence-corrected chi connectivity index (χ1v) is 7.86. The third-order valence-electron chi connectivity index (χ3n) is 4.04. The van der Waals surface area contributed by atoms with E-state index < -0.39 is 5.82 Å². The highest BCUT2D eigenvalue weighted by molar-refractivity contribution is 5.80. The van der Waals surface area contributed by atoms with Crippen molar-refractivity contribution in [3.05, 3.63) is 65.7 Å². The molecule has 0 saturated carbocycles. The molecule has 1 aliphatic heterocycles. The summed E-state index contributed by atoms with van der Waals surface area (Å²) < 4.78 is 12.9. The zero-order valence-corrected chi connectivity index (χ0v) is 13.0. The van der Waals surface area contributed by atoms with Crippen LogP contribution in [0.25, 0.3) is 0 Å². The number of aromatic nitrogens is 1. The first kappa shape index (κ1) is 16.1. The van der Waals surface area contributed by atoms with Gasteiger partial charge in [-0.05, 0) is 24.1 Å². The van der Waals surface area contributed by atoms with E-state index in [0.717, 1.165) is 11.8 Å². The first-order valence-electron chi connectivity index (χ1n) is 7.86. The van der Waals surface area contributed by atoms with Crippen molar-refractivity contribution in [3.63, 3.8) is 0 Å². The molecule has 2 heterocycles. The predicted molar refractivity (Wildman–Crippen MR) is 86.4 cm³/mol. The second kappa shape index (κ2) is 7.21. The van der Waals surface area contributed by atoms with Crippen LogP contribution in [0.1, 0.15) is 30.1 Å². The van der Waals surface area contributed by atoms with Gasteiger partial charge in [-0.3, -0.25) is 14.6 Å². The van der Waals surface area contributed by atoms with E-state index in [9.17, 15) is 14.0 Å². The highest BCUT2D eigenvalue weighted by Crippen LogP contribution is 2.24. The zero-order valence-electron chi connectivity index (χ0n) is 13.0. The van der Waals surface area contributed by atoms with Gasteiger partial charge in [0.15, 0.2) is 0 Å². The molecule has 0 unspecified atom stereocenters. The van der Waals surface area contributed by atoms with Crippen molar-refractivity contribution >= 4 is 11.8 Å². The lowest BCUT2D eigenvalue weighted by Crippen LogP contribution is -2.50. The van der Waals surface area contributed by atoms with Crippen LogP contribution in [0.4, 0.5) is 4.39 Å². The maximum Gasteiger partial charge on any atom is 0.226 e. The molecule has 1 aromatic carbocycles. The second-order valence-electron chi connectivity index (χ2n) is 5.81. The van der Waals surface area contributed by atoms with Crippen molar-refractivity contribution in [2.75, 3.05) is 0 Å². The van der Waals surface area contributed by atoms with Gasteiger partial charge in [-0.2, -0.15) is 0 Å². The normalized spacial score (nSPS) is 20.3. The van der Waals surface area contributed by atoms with Crippen LogP contribution in [0.3, 0.4) is 0 Å². The molecular weight excluding hydrogens is 309 g/mol. The molecule has 0 radical (unpaired) electrons. The molecule has 24 heavy (non-hydrogen) atoms. The van der Waals surface area contributed by atoms with Gasteiger partial charge < -0.3 is 10.6 Å². The molecule has 1 aromatic heterocycles. The van der Waals surface area contributed by atoms with E-state index in [-0.39, 0.29) is 30.3 Å². The molecule has 6 heteroatoms. The van der Waals surface area contributed by atoms with Crippen LogP contribution in [0.5, 0.6) is 0 Å². The largest absolute Gasteiger partial charge is 0.351 e. The van der Waals surface area contributed by atoms with Crippen molar-refractivity contribution in [3.8, 4) is 0 Å². The molecule has 0 aliphatic carbocycles. The molecule has 2 aromatic rings. The molecule has 2 N–H and O–H groups in total. The second-order valence-corrected chi connectivity index (χ2v) is 5.81. The van der Waals surface area contributed by atoms with E-state index in [1.807, 2.05) is 30.3 Å². The number of benzene rings is 1. The van der Waals surface area contributed by atoms with Crippen LogP contribution in [-0.2, 0) is 16.0 Å². The Morgan fingerprint density at radius 1 is 1.25 bits per heavy atom. The van der Waals surface area contributed by atoms with Gasteiger partial charge in [0, 0.05) is 12.1 Å². The number of piperidine rings is 1. The Balaban J connectivity index is 1.68. The number of hydrogen-bond donors (Lipinski definition) is 2. The summed E-state index contributed by atoms with van der Waals surface area (Å²) in [4.78, 5) is 27.9. The van der Waals surface area contributed by atoms with E-state index in [1.165, 1.54) is 12.1 Å². The molecule has 1 aliphatic rings. The maximum absolute atomic E-state index is 12.9. The summed E-state index contributed by atoms with van der Waals surface area (Å²) in [5.41, 5.74) is 1.46. The van der Waals surface area contributed by atoms with Gasteiger partial charge in [0.1, 0.15) is 5.82 Å². The lowest BCUT2D eigenvalue weighted by Gasteiger charge is -2.33. The van der Waals surface area contributed by atoms with E-state index in [1.54, 1.807) is 0 Å². The summed E-state index contributed by atoms with van der Waals surface area (Å²) in [6.45, 7) is 0. The summed E-state index contributed by atoms with van der Waals surface area (Å²) in [6, 6.07) is 11.9. The monoisotopic (exact) mass is 327 g/mol. The Kier molecular flexibility index (Phi) is 4.84. The number of hydrogen-bond acceptors (Lipinski definition) is 3. The average molecular weight is 327 g/mol. The van der Waals surface area contributed by atoms with Crippen molar-refractivity contribution in [1.29, 1.82) is 0 Å². The molecule has 1 saturated heterocycles. The minimum Gasteiger partial charge on any atom is -0.351 e. The fourth-order valence-electron chi connectivity index (χ4n) is 2.86. The zero-order chi connectivity index (χ0) is 16.9. The highest BCUT2D eigenvalue weighted by atomic mass is 19.1. The van der Waals surface area contributed by atoms with E-state index >= 15 is 0 Å². The van der Waals surface area contributed by atoms with Gasteiger partial charge in [-0.1, -0.05) is 30.3 Å². The third-order valence-corrected chi connectivity index (χ3v) is 4.04. The van der Waals surface area contributed by atoms with Gasteiger partial charge >= 0.3 is 0 Å². The van der Waals surface area contributed by atoms with Gasteiger partial charge in [0.05, 0.1) is 24.7 Å². The lowest BCUT2D eigenvalue weighted by molar-refractivity contribution is -0.126. The number of rotatable bonds is 4. The van der Waals surface area contributed by atoms with Gasteiger partial charge in [-0.25, -0.2) is 4.39 Å². The fourth-order valence-corrected chi connectivity index (χ4v) is 2.86. The fraction of sp³-hybridized carbons (Fsp3) is 0.278. The number of halogens is 1. The van der Waals surface area contributed by atoms with Crippen molar-refractivity contribution in [2.24, 2.45) is 0 Å². The first-order chi connectivity index (χ1) is 11.6. The quantitative estimate of drug-likeness (QED) is 0.901. The molecule has 0 spiro atoms. The molecular formula is C18H18FN3O2. The molecule has 124 valence electrons. The van der Waals surface area contributed by atoms with Crippen LogP contribution >= 0.6 is 0 Å². The Morgan fingerprint density at radius 3 is 2.75 bits per heavy atom. The summed E-state index contributed by atoms with van der Waals surface area (Å²) in [5, 5.41) is 5.90. The predicted octanol–water partition coefficient (Wildman–Crippen LogP) is 1.90. The number of pyridine rings is 1. The van der Waals surface area contributed by atoms with E-state index in [0.29, 0.717) is 18.5 Å². The standard InChI is InChI=1S/C18H18FN3O2/c19-13-6-7-14(20-11-13)10-17(24)21-15-8-9-16(23)22-18(15)12-4-2-1-3-5-12/h1-7,11,15,18H,8-10H2,(H,21,24)(H,22,23)/t15-,18+/m1/s1.